The van der Waals surface area contributed by atoms with Crippen LogP contribution in [-0.4, -0.2) is 21.8 Å². The first-order valence-corrected chi connectivity index (χ1v) is 5.88. The molecule has 86 valence electrons. The van der Waals surface area contributed by atoms with Crippen LogP contribution < -0.4 is 4.74 Å². The van der Waals surface area contributed by atoms with Crippen LogP contribution in [0.1, 0.15) is 5.56 Å². The van der Waals surface area contributed by atoms with Crippen molar-refractivity contribution in [3.05, 3.63) is 23.3 Å². The number of benzene rings is 1. The molecule has 0 fully saturated rings. The van der Waals surface area contributed by atoms with Crippen molar-refractivity contribution in [3.8, 4) is 11.8 Å². The summed E-state index contributed by atoms with van der Waals surface area (Å²) in [5.74, 6) is -3.27. The van der Waals surface area contributed by atoms with Crippen molar-refractivity contribution < 1.29 is 21.9 Å². The van der Waals surface area contributed by atoms with Crippen LogP contribution in [0.15, 0.2) is 11.0 Å². The van der Waals surface area contributed by atoms with Crippen LogP contribution in [0, 0.1) is 23.0 Å². The van der Waals surface area contributed by atoms with Crippen LogP contribution in [0.25, 0.3) is 0 Å². The monoisotopic (exact) mass is 247 g/mol. The Morgan fingerprint density at radius 1 is 1.44 bits per heavy atom. The lowest BCUT2D eigenvalue weighted by atomic mass is 10.2. The summed E-state index contributed by atoms with van der Waals surface area (Å²) >= 11 is 0. The van der Waals surface area contributed by atoms with Gasteiger partial charge in [-0.15, -0.1) is 0 Å². The molecule has 0 aliphatic heterocycles. The van der Waals surface area contributed by atoms with Crippen molar-refractivity contribution >= 4 is 9.84 Å². The van der Waals surface area contributed by atoms with Gasteiger partial charge in [-0.05, 0) is 6.07 Å². The van der Waals surface area contributed by atoms with Crippen molar-refractivity contribution in [3.63, 3.8) is 0 Å². The molecule has 0 amide bonds. The predicted molar refractivity (Wildman–Crippen MR) is 50.7 cm³/mol. The molecule has 16 heavy (non-hydrogen) atoms. The molecule has 0 bridgehead atoms. The Hall–Kier alpha value is -1.68. The molecule has 0 aromatic heterocycles. The zero-order chi connectivity index (χ0) is 12.5. The second kappa shape index (κ2) is 4.06. The first-order chi connectivity index (χ1) is 7.32. The Morgan fingerprint density at radius 3 is 2.38 bits per heavy atom. The number of rotatable bonds is 2. The summed E-state index contributed by atoms with van der Waals surface area (Å²) in [6.45, 7) is 0. The van der Waals surface area contributed by atoms with Gasteiger partial charge in [-0.2, -0.15) is 5.26 Å². The molecule has 0 saturated heterocycles. The Bertz CT molecular complexity index is 575. The maximum atomic E-state index is 13.6. The molecule has 0 aliphatic carbocycles. The largest absolute Gasteiger partial charge is 0.492 e. The van der Waals surface area contributed by atoms with Crippen molar-refractivity contribution in [2.24, 2.45) is 0 Å². The topological polar surface area (TPSA) is 67.2 Å². The molecular weight excluding hydrogens is 240 g/mol. The van der Waals surface area contributed by atoms with Crippen LogP contribution in [0.4, 0.5) is 8.78 Å². The molecule has 0 radical (unpaired) electrons. The molecule has 4 nitrogen and oxygen atoms in total. The fourth-order valence-corrected chi connectivity index (χ4v) is 2.04. The Morgan fingerprint density at radius 2 is 2.00 bits per heavy atom. The van der Waals surface area contributed by atoms with E-state index in [4.69, 9.17) is 5.26 Å². The third-order valence-corrected chi connectivity index (χ3v) is 2.94. The van der Waals surface area contributed by atoms with Crippen LogP contribution in [0.2, 0.25) is 0 Å². The van der Waals surface area contributed by atoms with Gasteiger partial charge < -0.3 is 4.74 Å². The van der Waals surface area contributed by atoms with Gasteiger partial charge in [0.25, 0.3) is 0 Å². The van der Waals surface area contributed by atoms with E-state index in [1.54, 1.807) is 0 Å². The summed E-state index contributed by atoms with van der Waals surface area (Å²) in [7, 11) is -3.00. The molecule has 0 saturated carbocycles. The van der Waals surface area contributed by atoms with Gasteiger partial charge in [-0.1, -0.05) is 0 Å². The van der Waals surface area contributed by atoms with Crippen molar-refractivity contribution in [2.45, 2.75) is 4.90 Å². The number of methoxy groups -OCH3 is 1. The zero-order valence-corrected chi connectivity index (χ0v) is 9.23. The molecule has 7 heteroatoms. The minimum atomic E-state index is -4.06. The summed E-state index contributed by atoms with van der Waals surface area (Å²) in [4.78, 5) is -1.09. The second-order valence-corrected chi connectivity index (χ2v) is 4.92. The Labute approximate surface area is 91.0 Å². The lowest BCUT2D eigenvalue weighted by molar-refractivity contribution is 0.373. The van der Waals surface area contributed by atoms with E-state index in [2.05, 4.69) is 4.74 Å². The second-order valence-electron chi connectivity index (χ2n) is 2.97. The third-order valence-electron chi connectivity index (χ3n) is 1.83. The van der Waals surface area contributed by atoms with E-state index in [-0.39, 0.29) is 0 Å². The standard InChI is InChI=1S/C9H7F2NO3S/c1-15-8-5(4-12)3-6(10)9(7(8)11)16(2,13)14/h3H,1-2H3. The molecule has 0 unspecified atom stereocenters. The van der Waals surface area contributed by atoms with Crippen LogP contribution >= 0.6 is 0 Å². The third kappa shape index (κ3) is 1.97. The summed E-state index contributed by atoms with van der Waals surface area (Å²) in [6, 6.07) is 2.13. The minimum absolute atomic E-state index is 0.398. The van der Waals surface area contributed by atoms with E-state index in [0.717, 1.165) is 7.11 Å². The van der Waals surface area contributed by atoms with Gasteiger partial charge in [0.15, 0.2) is 21.4 Å². The number of hydrogen-bond acceptors (Lipinski definition) is 4. The SMILES string of the molecule is COc1c(C#N)cc(F)c(S(C)(=O)=O)c1F. The summed E-state index contributed by atoms with van der Waals surface area (Å²) < 4.78 is 53.6. The fourth-order valence-electron chi connectivity index (χ4n) is 1.21. The van der Waals surface area contributed by atoms with Gasteiger partial charge in [0.2, 0.25) is 0 Å². The van der Waals surface area contributed by atoms with E-state index in [1.165, 1.54) is 6.07 Å². The van der Waals surface area contributed by atoms with E-state index in [1.807, 2.05) is 0 Å². The normalized spacial score (nSPS) is 10.9. The van der Waals surface area contributed by atoms with Gasteiger partial charge in [0.1, 0.15) is 22.3 Å². The highest BCUT2D eigenvalue weighted by Crippen LogP contribution is 2.30. The highest BCUT2D eigenvalue weighted by Gasteiger charge is 2.25. The average Bonchev–Trinajstić information content (AvgIpc) is 2.14. The molecule has 1 rings (SSSR count). The van der Waals surface area contributed by atoms with E-state index in [0.29, 0.717) is 12.3 Å². The molecule has 1 aromatic rings. The zero-order valence-electron chi connectivity index (χ0n) is 8.41. The lowest BCUT2D eigenvalue weighted by Crippen LogP contribution is -2.07. The highest BCUT2D eigenvalue weighted by atomic mass is 32.2. The van der Waals surface area contributed by atoms with Gasteiger partial charge in [-0.25, -0.2) is 17.2 Å². The lowest BCUT2D eigenvalue weighted by Gasteiger charge is -2.08. The number of nitrogens with zero attached hydrogens (tertiary/aromatic N) is 1. The fraction of sp³-hybridized carbons (Fsp3) is 0.222. The predicted octanol–water partition coefficient (Wildman–Crippen LogP) is 1.25. The summed E-state index contributed by atoms with van der Waals surface area (Å²) in [6.07, 6.45) is 0.667. The molecular formula is C9H7F2NO3S. The number of halogens is 2. The quantitative estimate of drug-likeness (QED) is 0.788. The Balaban J connectivity index is 3.76. The first kappa shape index (κ1) is 12.4. The number of sulfone groups is 1. The van der Waals surface area contributed by atoms with Gasteiger partial charge in [0.05, 0.1) is 7.11 Å². The van der Waals surface area contributed by atoms with Crippen molar-refractivity contribution in [1.29, 1.82) is 5.26 Å². The average molecular weight is 247 g/mol. The van der Waals surface area contributed by atoms with Crippen LogP contribution in [0.3, 0.4) is 0 Å². The van der Waals surface area contributed by atoms with Crippen molar-refractivity contribution in [1.82, 2.24) is 0 Å². The first-order valence-electron chi connectivity index (χ1n) is 3.99. The van der Waals surface area contributed by atoms with Gasteiger partial charge in [0, 0.05) is 6.26 Å². The summed E-state index contributed by atoms with van der Waals surface area (Å²) in [5, 5.41) is 8.58. The Kier molecular flexibility index (Phi) is 3.14. The van der Waals surface area contributed by atoms with Crippen LogP contribution in [0.5, 0.6) is 5.75 Å². The molecule has 0 N–H and O–H groups in total. The summed E-state index contributed by atoms with van der Waals surface area (Å²) in [5.41, 5.74) is -0.398. The smallest absolute Gasteiger partial charge is 0.188 e. The van der Waals surface area contributed by atoms with Crippen molar-refractivity contribution in [2.75, 3.05) is 13.4 Å². The minimum Gasteiger partial charge on any atom is -0.492 e. The maximum Gasteiger partial charge on any atom is 0.188 e. The number of ether oxygens (including phenoxy) is 1. The molecule has 0 spiro atoms. The van der Waals surface area contributed by atoms with E-state index in [9.17, 15) is 17.2 Å². The maximum absolute atomic E-state index is 13.6. The molecule has 0 heterocycles. The van der Waals surface area contributed by atoms with Gasteiger partial charge in [-0.3, -0.25) is 0 Å². The molecule has 0 aliphatic rings. The molecule has 1 aromatic carbocycles. The molecule has 0 atom stereocenters. The van der Waals surface area contributed by atoms with Gasteiger partial charge >= 0.3 is 0 Å². The van der Waals surface area contributed by atoms with E-state index < -0.39 is 37.7 Å². The number of nitriles is 1. The van der Waals surface area contributed by atoms with Crippen LogP contribution in [-0.2, 0) is 9.84 Å². The van der Waals surface area contributed by atoms with E-state index >= 15 is 0 Å². The number of hydrogen-bond donors (Lipinski definition) is 0. The highest BCUT2D eigenvalue weighted by molar-refractivity contribution is 7.90.